The number of rotatable bonds is 6. The molecule has 2 N–H and O–H groups in total. The monoisotopic (exact) mass is 335 g/mol. The molecular formula is C21H21NO3. The Hall–Kier alpha value is -2.85. The fourth-order valence-corrected chi connectivity index (χ4v) is 2.74. The summed E-state index contributed by atoms with van der Waals surface area (Å²) in [6, 6.07) is 18.9. The molecule has 1 amide bonds. The number of para-hydroxylation sites is 1. The third kappa shape index (κ3) is 4.58. The summed E-state index contributed by atoms with van der Waals surface area (Å²) in [4.78, 5) is 12.0. The van der Waals surface area contributed by atoms with Crippen LogP contribution in [0, 0.1) is 0 Å². The highest BCUT2D eigenvalue weighted by atomic mass is 16.3. The predicted octanol–water partition coefficient (Wildman–Crippen LogP) is 4.07. The molecule has 0 spiro atoms. The van der Waals surface area contributed by atoms with Crippen molar-refractivity contribution < 1.29 is 14.3 Å². The van der Waals surface area contributed by atoms with Crippen LogP contribution in [0.3, 0.4) is 0 Å². The summed E-state index contributed by atoms with van der Waals surface area (Å²) in [6.07, 6.45) is 2.95. The van der Waals surface area contributed by atoms with E-state index >= 15 is 0 Å². The van der Waals surface area contributed by atoms with Gasteiger partial charge in [0.05, 0.1) is 6.10 Å². The van der Waals surface area contributed by atoms with Crippen molar-refractivity contribution in [2.24, 2.45) is 0 Å². The van der Waals surface area contributed by atoms with E-state index in [2.05, 4.69) is 5.32 Å². The van der Waals surface area contributed by atoms with Gasteiger partial charge in [-0.3, -0.25) is 4.79 Å². The summed E-state index contributed by atoms with van der Waals surface area (Å²) in [5.41, 5.74) is 1.64. The van der Waals surface area contributed by atoms with Crippen LogP contribution in [-0.4, -0.2) is 17.1 Å². The standard InChI is InChI=1S/C21H21NO3/c1-15(13-19(23)16-7-3-2-4-8-16)22-21(24)12-11-18-14-17-9-5-6-10-20(17)25-18/h2-12,14-15,19,23H,13H2,1H3,(H,22,24). The molecule has 0 bridgehead atoms. The molecule has 0 fully saturated rings. The van der Waals surface area contributed by atoms with E-state index in [4.69, 9.17) is 4.42 Å². The van der Waals surface area contributed by atoms with Gasteiger partial charge in [0, 0.05) is 17.5 Å². The zero-order valence-corrected chi connectivity index (χ0v) is 14.1. The molecule has 128 valence electrons. The fourth-order valence-electron chi connectivity index (χ4n) is 2.74. The zero-order valence-electron chi connectivity index (χ0n) is 14.1. The Morgan fingerprint density at radius 2 is 1.88 bits per heavy atom. The number of nitrogens with one attached hydrogen (secondary N) is 1. The molecule has 4 nitrogen and oxygen atoms in total. The normalized spacial score (nSPS) is 13.8. The third-order valence-electron chi connectivity index (χ3n) is 3.99. The Balaban J connectivity index is 1.54. The van der Waals surface area contributed by atoms with E-state index in [1.807, 2.05) is 67.6 Å². The lowest BCUT2D eigenvalue weighted by atomic mass is 10.0. The highest BCUT2D eigenvalue weighted by Gasteiger charge is 2.13. The van der Waals surface area contributed by atoms with Crippen molar-refractivity contribution in [3.63, 3.8) is 0 Å². The Kier molecular flexibility index (Phi) is 5.31. The van der Waals surface area contributed by atoms with Gasteiger partial charge in [-0.1, -0.05) is 48.5 Å². The lowest BCUT2D eigenvalue weighted by Crippen LogP contribution is -2.32. The van der Waals surface area contributed by atoms with Crippen LogP contribution in [0.25, 0.3) is 17.0 Å². The van der Waals surface area contributed by atoms with Crippen molar-refractivity contribution in [1.29, 1.82) is 0 Å². The van der Waals surface area contributed by atoms with Gasteiger partial charge in [0.15, 0.2) is 0 Å². The lowest BCUT2D eigenvalue weighted by Gasteiger charge is -2.17. The molecule has 1 heterocycles. The molecule has 2 aromatic carbocycles. The largest absolute Gasteiger partial charge is 0.457 e. The minimum Gasteiger partial charge on any atom is -0.457 e. The molecule has 0 saturated carbocycles. The minimum absolute atomic E-state index is 0.150. The van der Waals surface area contributed by atoms with E-state index in [0.29, 0.717) is 12.2 Å². The molecule has 0 aliphatic carbocycles. The molecule has 3 rings (SSSR count). The Bertz CT molecular complexity index is 834. The van der Waals surface area contributed by atoms with Gasteiger partial charge in [-0.15, -0.1) is 0 Å². The maximum atomic E-state index is 12.0. The first kappa shape index (κ1) is 17.0. The van der Waals surface area contributed by atoms with E-state index in [1.54, 1.807) is 6.08 Å². The maximum absolute atomic E-state index is 12.0. The summed E-state index contributed by atoms with van der Waals surface area (Å²) in [5.74, 6) is 0.418. The number of carbonyl (C=O) groups excluding carboxylic acids is 1. The SMILES string of the molecule is CC(CC(O)c1ccccc1)NC(=O)C=Cc1cc2ccccc2o1. The van der Waals surface area contributed by atoms with E-state index in [0.717, 1.165) is 16.5 Å². The topological polar surface area (TPSA) is 62.5 Å². The number of hydrogen-bond acceptors (Lipinski definition) is 3. The van der Waals surface area contributed by atoms with Crippen LogP contribution < -0.4 is 5.32 Å². The smallest absolute Gasteiger partial charge is 0.244 e. The van der Waals surface area contributed by atoms with Crippen LogP contribution in [0.1, 0.15) is 30.8 Å². The van der Waals surface area contributed by atoms with Crippen molar-refractivity contribution in [1.82, 2.24) is 5.32 Å². The van der Waals surface area contributed by atoms with Gasteiger partial charge < -0.3 is 14.8 Å². The summed E-state index contributed by atoms with van der Waals surface area (Å²) in [6.45, 7) is 1.87. The van der Waals surface area contributed by atoms with Gasteiger partial charge in [0.1, 0.15) is 11.3 Å². The molecular weight excluding hydrogens is 314 g/mol. The molecule has 4 heteroatoms. The first-order valence-corrected chi connectivity index (χ1v) is 8.32. The second-order valence-electron chi connectivity index (χ2n) is 6.09. The van der Waals surface area contributed by atoms with Gasteiger partial charge in [-0.2, -0.15) is 0 Å². The Labute approximate surface area is 146 Å². The second-order valence-corrected chi connectivity index (χ2v) is 6.09. The minimum atomic E-state index is -0.601. The molecule has 0 radical (unpaired) electrons. The molecule has 1 aromatic heterocycles. The number of hydrogen-bond donors (Lipinski definition) is 2. The maximum Gasteiger partial charge on any atom is 0.244 e. The van der Waals surface area contributed by atoms with Crippen LogP contribution in [0.4, 0.5) is 0 Å². The summed E-state index contributed by atoms with van der Waals surface area (Å²) < 4.78 is 5.64. The van der Waals surface area contributed by atoms with Crippen LogP contribution in [0.15, 0.2) is 71.2 Å². The van der Waals surface area contributed by atoms with E-state index in [-0.39, 0.29) is 11.9 Å². The molecule has 3 aromatic rings. The Morgan fingerprint density at radius 1 is 1.16 bits per heavy atom. The number of furan rings is 1. The van der Waals surface area contributed by atoms with Crippen LogP contribution in [0.5, 0.6) is 0 Å². The van der Waals surface area contributed by atoms with Crippen LogP contribution >= 0.6 is 0 Å². The predicted molar refractivity (Wildman–Crippen MR) is 98.9 cm³/mol. The number of carbonyl (C=O) groups is 1. The summed E-state index contributed by atoms with van der Waals surface area (Å²) in [5, 5.41) is 14.1. The van der Waals surface area contributed by atoms with E-state index < -0.39 is 6.10 Å². The highest BCUT2D eigenvalue weighted by Crippen LogP contribution is 2.20. The average Bonchev–Trinajstić information content (AvgIpc) is 3.03. The first-order valence-electron chi connectivity index (χ1n) is 8.32. The van der Waals surface area contributed by atoms with Crippen molar-refractivity contribution in [2.45, 2.75) is 25.5 Å². The fraction of sp³-hybridized carbons (Fsp3) is 0.190. The summed E-state index contributed by atoms with van der Waals surface area (Å²) >= 11 is 0. The number of fused-ring (bicyclic) bond motifs is 1. The van der Waals surface area contributed by atoms with Gasteiger partial charge in [-0.05, 0) is 37.1 Å². The summed E-state index contributed by atoms with van der Waals surface area (Å²) in [7, 11) is 0. The van der Waals surface area contributed by atoms with Gasteiger partial charge in [0.25, 0.3) is 0 Å². The van der Waals surface area contributed by atoms with Gasteiger partial charge in [0.2, 0.25) is 5.91 Å². The average molecular weight is 335 g/mol. The van der Waals surface area contributed by atoms with E-state index in [9.17, 15) is 9.90 Å². The molecule has 0 saturated heterocycles. The number of aliphatic hydroxyl groups is 1. The van der Waals surface area contributed by atoms with Crippen LogP contribution in [-0.2, 0) is 4.79 Å². The Morgan fingerprint density at radius 3 is 2.64 bits per heavy atom. The molecule has 2 unspecified atom stereocenters. The van der Waals surface area contributed by atoms with E-state index in [1.165, 1.54) is 6.08 Å². The second kappa shape index (κ2) is 7.81. The first-order chi connectivity index (χ1) is 12.1. The highest BCUT2D eigenvalue weighted by molar-refractivity contribution is 5.92. The van der Waals surface area contributed by atoms with Crippen molar-refractivity contribution >= 4 is 23.0 Å². The molecule has 25 heavy (non-hydrogen) atoms. The van der Waals surface area contributed by atoms with Crippen molar-refractivity contribution in [3.05, 3.63) is 78.1 Å². The van der Waals surface area contributed by atoms with Crippen molar-refractivity contribution in [3.8, 4) is 0 Å². The third-order valence-corrected chi connectivity index (χ3v) is 3.99. The molecule has 0 aliphatic rings. The quantitative estimate of drug-likeness (QED) is 0.667. The van der Waals surface area contributed by atoms with Crippen molar-refractivity contribution in [2.75, 3.05) is 0 Å². The lowest BCUT2D eigenvalue weighted by molar-refractivity contribution is -0.117. The van der Waals surface area contributed by atoms with Crippen LogP contribution in [0.2, 0.25) is 0 Å². The number of benzene rings is 2. The van der Waals surface area contributed by atoms with Gasteiger partial charge in [-0.25, -0.2) is 0 Å². The number of aliphatic hydroxyl groups excluding tert-OH is 1. The molecule has 2 atom stereocenters. The number of amides is 1. The molecule has 0 aliphatic heterocycles. The van der Waals surface area contributed by atoms with Gasteiger partial charge >= 0.3 is 0 Å². The zero-order chi connectivity index (χ0) is 17.6.